The highest BCUT2D eigenvalue weighted by Crippen LogP contribution is 2.11. The lowest BCUT2D eigenvalue weighted by atomic mass is 10.1. The highest BCUT2D eigenvalue weighted by molar-refractivity contribution is 5.82. The number of amides is 2. The first-order valence-electron chi connectivity index (χ1n) is 3.95. The number of carbonyl (C=O) groups excluding carboxylic acids is 1. The Hall–Kier alpha value is -2.04. The maximum atomic E-state index is 10.8. The molecule has 1 aromatic rings. The van der Waals surface area contributed by atoms with Gasteiger partial charge in [-0.2, -0.15) is 0 Å². The van der Waals surface area contributed by atoms with Crippen molar-refractivity contribution in [2.45, 2.75) is 6.04 Å². The Bertz CT molecular complexity index is 337. The summed E-state index contributed by atoms with van der Waals surface area (Å²) in [6, 6.07) is 6.40. The fourth-order valence-corrected chi connectivity index (χ4v) is 1.08. The maximum Gasteiger partial charge on any atom is 0.330 e. The highest BCUT2D eigenvalue weighted by atomic mass is 16.4. The van der Waals surface area contributed by atoms with Gasteiger partial charge in [-0.15, -0.1) is 0 Å². The Kier molecular flexibility index (Phi) is 3.06. The Morgan fingerprint density at radius 1 is 1.29 bits per heavy atom. The van der Waals surface area contributed by atoms with Gasteiger partial charge in [0.1, 0.15) is 0 Å². The third-order valence-corrected chi connectivity index (χ3v) is 1.67. The van der Waals surface area contributed by atoms with E-state index in [1.165, 1.54) is 0 Å². The molecule has 0 fully saturated rings. The van der Waals surface area contributed by atoms with Gasteiger partial charge in [-0.1, -0.05) is 30.3 Å². The van der Waals surface area contributed by atoms with Crippen LogP contribution in [0.5, 0.6) is 0 Å². The molecule has 0 bridgehead atoms. The lowest BCUT2D eigenvalue weighted by molar-refractivity contribution is -0.139. The molecule has 5 heteroatoms. The van der Waals surface area contributed by atoms with Crippen LogP contribution in [0.2, 0.25) is 0 Å². The van der Waals surface area contributed by atoms with Gasteiger partial charge in [0.15, 0.2) is 6.04 Å². The van der Waals surface area contributed by atoms with Gasteiger partial charge in [-0.3, -0.25) is 0 Å². The van der Waals surface area contributed by atoms with E-state index in [0.717, 1.165) is 0 Å². The number of benzene rings is 1. The number of carboxylic acid groups (broad SMARTS) is 1. The van der Waals surface area contributed by atoms with Crippen molar-refractivity contribution in [1.29, 1.82) is 0 Å². The number of urea groups is 1. The normalized spacial score (nSPS) is 11.7. The van der Waals surface area contributed by atoms with Crippen LogP contribution in [-0.2, 0) is 4.79 Å². The van der Waals surface area contributed by atoms with Gasteiger partial charge in [-0.05, 0) is 5.56 Å². The van der Waals surface area contributed by atoms with Crippen LogP contribution in [0.1, 0.15) is 11.6 Å². The topological polar surface area (TPSA) is 92.4 Å². The number of carboxylic acids is 1. The molecule has 0 aliphatic heterocycles. The molecule has 5 nitrogen and oxygen atoms in total. The second kappa shape index (κ2) is 4.27. The lowest BCUT2D eigenvalue weighted by Gasteiger charge is -2.12. The summed E-state index contributed by atoms with van der Waals surface area (Å²) < 4.78 is 0. The van der Waals surface area contributed by atoms with Crippen molar-refractivity contribution in [2.75, 3.05) is 0 Å². The molecule has 0 saturated carbocycles. The third-order valence-electron chi connectivity index (χ3n) is 1.67. The van der Waals surface area contributed by atoms with Crippen molar-refractivity contribution in [3.8, 4) is 0 Å². The molecule has 0 aliphatic carbocycles. The van der Waals surface area contributed by atoms with E-state index < -0.39 is 18.0 Å². The van der Waals surface area contributed by atoms with Crippen LogP contribution in [0.3, 0.4) is 0 Å². The molecule has 0 aliphatic rings. The monoisotopic (exact) mass is 194 g/mol. The third kappa shape index (κ3) is 2.48. The second-order valence-electron chi connectivity index (χ2n) is 2.69. The number of nitrogens with one attached hydrogen (secondary N) is 1. The largest absolute Gasteiger partial charge is 0.479 e. The number of hydrogen-bond acceptors (Lipinski definition) is 2. The van der Waals surface area contributed by atoms with Crippen molar-refractivity contribution in [3.63, 3.8) is 0 Å². The van der Waals surface area contributed by atoms with Gasteiger partial charge < -0.3 is 16.2 Å². The molecule has 0 spiro atoms. The standard InChI is InChI=1S/C9H10N2O3/c10-9(14)11-7(8(12)13)6-4-2-1-3-5-6/h1-5,7H,(H,12,13)(H3,10,11,14)/t7-/m0/s1. The van der Waals surface area contributed by atoms with Crippen LogP contribution < -0.4 is 11.1 Å². The lowest BCUT2D eigenvalue weighted by Crippen LogP contribution is -2.37. The fraction of sp³-hybridized carbons (Fsp3) is 0.111. The summed E-state index contributed by atoms with van der Waals surface area (Å²) in [5, 5.41) is 10.9. The molecule has 1 aromatic carbocycles. The van der Waals surface area contributed by atoms with Crippen molar-refractivity contribution >= 4 is 12.0 Å². The summed E-state index contributed by atoms with van der Waals surface area (Å²) in [4.78, 5) is 21.3. The van der Waals surface area contributed by atoms with E-state index in [9.17, 15) is 9.59 Å². The summed E-state index contributed by atoms with van der Waals surface area (Å²) in [7, 11) is 0. The Morgan fingerprint density at radius 3 is 2.29 bits per heavy atom. The minimum atomic E-state index is -1.14. The predicted octanol–water partition coefficient (Wildman–Crippen LogP) is 0.481. The van der Waals surface area contributed by atoms with E-state index in [2.05, 4.69) is 5.32 Å². The average Bonchev–Trinajstić information content (AvgIpc) is 2.15. The van der Waals surface area contributed by atoms with E-state index >= 15 is 0 Å². The maximum absolute atomic E-state index is 10.8. The number of nitrogens with two attached hydrogens (primary N) is 1. The molecule has 2 amide bonds. The van der Waals surface area contributed by atoms with E-state index in [4.69, 9.17) is 10.8 Å². The summed E-state index contributed by atoms with van der Waals surface area (Å²) >= 11 is 0. The quantitative estimate of drug-likeness (QED) is 0.653. The molecule has 0 heterocycles. The molecule has 74 valence electrons. The zero-order valence-electron chi connectivity index (χ0n) is 7.31. The first kappa shape index (κ1) is 10.0. The van der Waals surface area contributed by atoms with Crippen LogP contribution in [0.4, 0.5) is 4.79 Å². The Balaban J connectivity index is 2.89. The fourth-order valence-electron chi connectivity index (χ4n) is 1.08. The first-order chi connectivity index (χ1) is 6.61. The smallest absolute Gasteiger partial charge is 0.330 e. The minimum absolute atomic E-state index is 0.485. The molecule has 0 saturated heterocycles. The number of rotatable bonds is 3. The molecule has 0 unspecified atom stereocenters. The van der Waals surface area contributed by atoms with Gasteiger partial charge >= 0.3 is 12.0 Å². The van der Waals surface area contributed by atoms with Crippen LogP contribution in [-0.4, -0.2) is 17.1 Å². The Labute approximate surface area is 80.5 Å². The van der Waals surface area contributed by atoms with Crippen LogP contribution in [0, 0.1) is 0 Å². The van der Waals surface area contributed by atoms with E-state index in [1.807, 2.05) is 0 Å². The SMILES string of the molecule is NC(=O)N[C@H](C(=O)O)c1ccccc1. The number of primary amides is 1. The molecule has 1 rings (SSSR count). The summed E-state index contributed by atoms with van der Waals surface area (Å²) in [6.07, 6.45) is 0. The first-order valence-corrected chi connectivity index (χ1v) is 3.95. The molecule has 4 N–H and O–H groups in total. The van der Waals surface area contributed by atoms with Crippen LogP contribution in [0.15, 0.2) is 30.3 Å². The van der Waals surface area contributed by atoms with E-state index in [1.54, 1.807) is 30.3 Å². The predicted molar refractivity (Wildman–Crippen MR) is 49.5 cm³/mol. The zero-order chi connectivity index (χ0) is 10.6. The van der Waals surface area contributed by atoms with Gasteiger partial charge in [0.2, 0.25) is 0 Å². The number of aliphatic carboxylic acids is 1. The summed E-state index contributed by atoms with van der Waals surface area (Å²) in [6.45, 7) is 0. The van der Waals surface area contributed by atoms with Gasteiger partial charge in [0.05, 0.1) is 0 Å². The average molecular weight is 194 g/mol. The zero-order valence-corrected chi connectivity index (χ0v) is 7.31. The van der Waals surface area contributed by atoms with Crippen molar-refractivity contribution < 1.29 is 14.7 Å². The van der Waals surface area contributed by atoms with Crippen molar-refractivity contribution in [3.05, 3.63) is 35.9 Å². The van der Waals surface area contributed by atoms with Crippen molar-refractivity contribution in [1.82, 2.24) is 5.32 Å². The number of carbonyl (C=O) groups is 2. The van der Waals surface area contributed by atoms with Gasteiger partial charge in [-0.25, -0.2) is 9.59 Å². The molecule has 0 aromatic heterocycles. The molecular formula is C9H10N2O3. The second-order valence-corrected chi connectivity index (χ2v) is 2.69. The minimum Gasteiger partial charge on any atom is -0.479 e. The van der Waals surface area contributed by atoms with Gasteiger partial charge in [0.25, 0.3) is 0 Å². The number of hydrogen-bond donors (Lipinski definition) is 3. The highest BCUT2D eigenvalue weighted by Gasteiger charge is 2.20. The molecule has 1 atom stereocenters. The summed E-state index contributed by atoms with van der Waals surface area (Å²) in [5.74, 6) is -1.14. The summed E-state index contributed by atoms with van der Waals surface area (Å²) in [5.41, 5.74) is 5.34. The van der Waals surface area contributed by atoms with E-state index in [-0.39, 0.29) is 0 Å². The molecule has 0 radical (unpaired) electrons. The van der Waals surface area contributed by atoms with Crippen LogP contribution in [0.25, 0.3) is 0 Å². The van der Waals surface area contributed by atoms with Crippen LogP contribution >= 0.6 is 0 Å². The van der Waals surface area contributed by atoms with E-state index in [0.29, 0.717) is 5.56 Å². The molecule has 14 heavy (non-hydrogen) atoms. The van der Waals surface area contributed by atoms with Crippen molar-refractivity contribution in [2.24, 2.45) is 5.73 Å². The van der Waals surface area contributed by atoms with Gasteiger partial charge in [0, 0.05) is 0 Å². The Morgan fingerprint density at radius 2 is 1.86 bits per heavy atom. The molecular weight excluding hydrogens is 184 g/mol.